The van der Waals surface area contributed by atoms with E-state index in [2.05, 4.69) is 32.0 Å². The highest BCUT2D eigenvalue weighted by atomic mass is 16.2. The third-order valence-corrected chi connectivity index (χ3v) is 9.04. The predicted molar refractivity (Wildman–Crippen MR) is 151 cm³/mol. The van der Waals surface area contributed by atoms with Crippen LogP contribution in [0.2, 0.25) is 0 Å². The number of carbonyl (C=O) groups is 3. The monoisotopic (exact) mass is 567 g/mol. The van der Waals surface area contributed by atoms with Crippen molar-refractivity contribution in [3.05, 3.63) is 75.6 Å². The summed E-state index contributed by atoms with van der Waals surface area (Å²) in [5, 5.41) is 28.6. The number of hydrogen-bond acceptors (Lipinski definition) is 8. The number of nitrogens with two attached hydrogens (primary N) is 2. The Morgan fingerprint density at radius 3 is 2.21 bits per heavy atom. The van der Waals surface area contributed by atoms with E-state index in [4.69, 9.17) is 11.5 Å². The van der Waals surface area contributed by atoms with E-state index in [1.165, 1.54) is 0 Å². The number of H-pyrrole nitrogens is 1. The molecule has 1 saturated carbocycles. The van der Waals surface area contributed by atoms with Gasteiger partial charge in [0.15, 0.2) is 5.82 Å². The molecule has 0 radical (unpaired) electrons. The van der Waals surface area contributed by atoms with E-state index >= 15 is 0 Å². The van der Waals surface area contributed by atoms with Gasteiger partial charge in [0.1, 0.15) is 6.04 Å². The molecule has 12 heteroatoms. The molecule has 0 unspecified atom stereocenters. The minimum atomic E-state index is -0.924. The van der Waals surface area contributed by atoms with Gasteiger partial charge >= 0.3 is 0 Å². The average Bonchev–Trinajstić information content (AvgIpc) is 3.50. The Morgan fingerprint density at radius 1 is 1.05 bits per heavy atom. The Balaban J connectivity index is 1.46. The molecular weight excluding hydrogens is 534 g/mol. The van der Waals surface area contributed by atoms with Crippen molar-refractivity contribution in [2.45, 2.75) is 62.4 Å². The van der Waals surface area contributed by atoms with Crippen molar-refractivity contribution in [3.8, 4) is 6.07 Å². The minimum Gasteiger partial charge on any atom is -0.366 e. The second-order valence-corrected chi connectivity index (χ2v) is 11.5. The third-order valence-electron chi connectivity index (χ3n) is 9.04. The van der Waals surface area contributed by atoms with Crippen LogP contribution in [0.3, 0.4) is 0 Å². The fraction of sp³-hybridized carbons (Fsp3) is 0.433. The number of nitrogens with zero attached hydrogens (tertiary/aromatic N) is 5. The highest BCUT2D eigenvalue weighted by molar-refractivity contribution is 5.94. The SMILES string of the molecule is N#C[C@@H]1CCCN1C(=O)CN[C@@H](CC1(c2nn[nH]n2)c2ccc(C(N)=O)cc2CCc2cc(C(N)=O)ccc21)C1CC1. The van der Waals surface area contributed by atoms with Gasteiger partial charge in [-0.25, -0.2) is 0 Å². The molecular formula is C30H33N9O3. The van der Waals surface area contributed by atoms with E-state index in [-0.39, 0.29) is 24.5 Å². The molecule has 3 aromatic rings. The van der Waals surface area contributed by atoms with Crippen LogP contribution < -0.4 is 16.8 Å². The van der Waals surface area contributed by atoms with Crippen LogP contribution in [0.5, 0.6) is 0 Å². The zero-order valence-electron chi connectivity index (χ0n) is 23.2. The summed E-state index contributed by atoms with van der Waals surface area (Å²) in [5.41, 5.74) is 14.9. The van der Waals surface area contributed by atoms with Gasteiger partial charge in [0, 0.05) is 23.7 Å². The van der Waals surface area contributed by atoms with E-state index in [0.717, 1.165) is 41.5 Å². The van der Waals surface area contributed by atoms with Gasteiger partial charge in [-0.1, -0.05) is 17.3 Å². The molecule has 1 saturated heterocycles. The van der Waals surface area contributed by atoms with Crippen LogP contribution in [-0.2, 0) is 23.1 Å². The maximum atomic E-state index is 13.2. The number of hydrogen-bond donors (Lipinski definition) is 4. The lowest BCUT2D eigenvalue weighted by Crippen LogP contribution is -2.47. The molecule has 42 heavy (non-hydrogen) atoms. The van der Waals surface area contributed by atoms with Crippen molar-refractivity contribution in [2.24, 2.45) is 17.4 Å². The van der Waals surface area contributed by atoms with Crippen LogP contribution in [0, 0.1) is 17.2 Å². The summed E-state index contributed by atoms with van der Waals surface area (Å²) in [6, 6.07) is 12.7. The summed E-state index contributed by atoms with van der Waals surface area (Å²) in [6.45, 7) is 0.702. The molecule has 2 atom stereocenters. The smallest absolute Gasteiger partial charge is 0.248 e. The van der Waals surface area contributed by atoms with E-state index in [1.54, 1.807) is 17.0 Å². The fourth-order valence-corrected chi connectivity index (χ4v) is 6.80. The topological polar surface area (TPSA) is 197 Å². The third kappa shape index (κ3) is 4.90. The number of nitrogens with one attached hydrogen (secondary N) is 2. The number of amides is 3. The van der Waals surface area contributed by atoms with Crippen LogP contribution >= 0.6 is 0 Å². The molecule has 0 bridgehead atoms. The predicted octanol–water partition coefficient (Wildman–Crippen LogP) is 1.10. The number of benzene rings is 2. The van der Waals surface area contributed by atoms with Crippen LogP contribution in [0.25, 0.3) is 0 Å². The molecule has 2 heterocycles. The first-order valence-corrected chi connectivity index (χ1v) is 14.3. The minimum absolute atomic E-state index is 0.0859. The molecule has 2 fully saturated rings. The maximum absolute atomic E-state index is 13.2. The highest BCUT2D eigenvalue weighted by Crippen LogP contribution is 2.49. The molecule has 6 rings (SSSR count). The van der Waals surface area contributed by atoms with Crippen molar-refractivity contribution in [1.82, 2.24) is 30.8 Å². The number of aromatic amines is 1. The maximum Gasteiger partial charge on any atom is 0.248 e. The molecule has 2 aliphatic carbocycles. The van der Waals surface area contributed by atoms with Gasteiger partial charge in [0.05, 0.1) is 18.0 Å². The summed E-state index contributed by atoms with van der Waals surface area (Å²) in [4.78, 5) is 39.2. The number of nitriles is 1. The van der Waals surface area contributed by atoms with Gasteiger partial charge in [-0.05, 0) is 97.4 Å². The standard InChI is InChI=1S/C30H33N9O3/c31-15-22-2-1-11-39(22)26(40)16-34-25(17-3-4-17)14-30(29-35-37-38-36-29)23-9-7-20(27(32)41)12-18(23)5-6-19-13-21(28(33)42)8-10-24(19)30/h7-10,12-13,17,22,25,34H,1-6,11,14,16H2,(H2,32,41)(H2,33,42)(H,35,36,37,38)/t22-,25-/m0/s1. The molecule has 1 aromatic heterocycles. The molecule has 6 N–H and O–H groups in total. The summed E-state index contributed by atoms with van der Waals surface area (Å²) < 4.78 is 0. The lowest BCUT2D eigenvalue weighted by Gasteiger charge is -2.37. The van der Waals surface area contributed by atoms with Crippen LogP contribution in [0.1, 0.15) is 80.9 Å². The highest BCUT2D eigenvalue weighted by Gasteiger charge is 2.48. The first kappa shape index (κ1) is 27.5. The normalized spacial score (nSPS) is 19.7. The van der Waals surface area contributed by atoms with Crippen LogP contribution in [0.4, 0.5) is 0 Å². The number of likely N-dealkylation sites (tertiary alicyclic amines) is 1. The van der Waals surface area contributed by atoms with Crippen molar-refractivity contribution >= 4 is 17.7 Å². The summed E-state index contributed by atoms with van der Waals surface area (Å²) in [7, 11) is 0. The van der Waals surface area contributed by atoms with E-state index < -0.39 is 17.2 Å². The van der Waals surface area contributed by atoms with Crippen LogP contribution in [-0.4, -0.2) is 68.4 Å². The second kappa shape index (κ2) is 11.0. The average molecular weight is 568 g/mol. The molecule has 3 amide bonds. The van der Waals surface area contributed by atoms with Gasteiger partial charge in [-0.2, -0.15) is 10.5 Å². The lowest BCUT2D eigenvalue weighted by molar-refractivity contribution is -0.130. The summed E-state index contributed by atoms with van der Waals surface area (Å²) >= 11 is 0. The molecule has 216 valence electrons. The van der Waals surface area contributed by atoms with E-state index in [9.17, 15) is 19.6 Å². The zero-order chi connectivity index (χ0) is 29.4. The second-order valence-electron chi connectivity index (χ2n) is 11.5. The van der Waals surface area contributed by atoms with E-state index in [0.29, 0.717) is 55.1 Å². The van der Waals surface area contributed by atoms with Crippen molar-refractivity contribution in [3.63, 3.8) is 0 Å². The van der Waals surface area contributed by atoms with Gasteiger partial charge in [-0.15, -0.1) is 10.2 Å². The quantitative estimate of drug-likeness (QED) is 0.295. The Labute approximate surface area is 242 Å². The number of carbonyl (C=O) groups excluding carboxylic acids is 3. The summed E-state index contributed by atoms with van der Waals surface area (Å²) in [5.74, 6) is -0.342. The number of aryl methyl sites for hydroxylation is 2. The van der Waals surface area contributed by atoms with Crippen LogP contribution in [0.15, 0.2) is 36.4 Å². The van der Waals surface area contributed by atoms with Gasteiger partial charge in [0.25, 0.3) is 0 Å². The molecule has 12 nitrogen and oxygen atoms in total. The molecule has 3 aliphatic rings. The Hall–Kier alpha value is -4.63. The van der Waals surface area contributed by atoms with E-state index in [1.807, 2.05) is 24.3 Å². The first-order valence-electron chi connectivity index (χ1n) is 14.3. The first-order chi connectivity index (χ1) is 20.3. The zero-order valence-corrected chi connectivity index (χ0v) is 23.2. The number of fused-ring (bicyclic) bond motifs is 2. The van der Waals surface area contributed by atoms with Gasteiger partial charge in [0.2, 0.25) is 17.7 Å². The van der Waals surface area contributed by atoms with Crippen molar-refractivity contribution in [2.75, 3.05) is 13.1 Å². The fourth-order valence-electron chi connectivity index (χ4n) is 6.80. The Kier molecular flexibility index (Phi) is 7.20. The Morgan fingerprint density at radius 2 is 1.69 bits per heavy atom. The molecule has 2 aromatic carbocycles. The lowest BCUT2D eigenvalue weighted by atomic mass is 9.67. The number of rotatable bonds is 9. The van der Waals surface area contributed by atoms with Gasteiger partial charge in [-0.3, -0.25) is 14.4 Å². The summed E-state index contributed by atoms with van der Waals surface area (Å²) in [6.07, 6.45) is 5.23. The Bertz CT molecular complexity index is 1510. The molecule has 0 spiro atoms. The molecule has 1 aliphatic heterocycles. The largest absolute Gasteiger partial charge is 0.366 e. The van der Waals surface area contributed by atoms with Crippen molar-refractivity contribution < 1.29 is 14.4 Å². The van der Waals surface area contributed by atoms with Crippen molar-refractivity contribution in [1.29, 1.82) is 5.26 Å². The number of primary amides is 2. The number of tetrazole rings is 1. The number of aromatic nitrogens is 4. The van der Waals surface area contributed by atoms with Gasteiger partial charge < -0.3 is 21.7 Å².